The fraction of sp³-hybridized carbons (Fsp3) is 0.0833. The molecule has 0 bridgehead atoms. The molecule has 4 aromatic rings. The van der Waals surface area contributed by atoms with Gasteiger partial charge in [-0.25, -0.2) is 4.79 Å². The van der Waals surface area contributed by atoms with Crippen molar-refractivity contribution >= 4 is 16.9 Å². The zero-order valence-electron chi connectivity index (χ0n) is 16.4. The van der Waals surface area contributed by atoms with Crippen LogP contribution in [0.25, 0.3) is 11.0 Å². The van der Waals surface area contributed by atoms with E-state index in [1.807, 2.05) is 6.07 Å². The van der Waals surface area contributed by atoms with Gasteiger partial charge in [-0.05, 0) is 48.4 Å². The van der Waals surface area contributed by atoms with Gasteiger partial charge in [0.25, 0.3) is 0 Å². The normalized spacial score (nSPS) is 11.8. The third-order valence-electron chi connectivity index (χ3n) is 4.60. The first-order valence-corrected chi connectivity index (χ1v) is 9.53. The highest BCUT2D eigenvalue weighted by Gasteiger charge is 2.18. The van der Waals surface area contributed by atoms with E-state index in [-0.39, 0.29) is 34.7 Å². The van der Waals surface area contributed by atoms with Crippen LogP contribution in [-0.2, 0) is 11.2 Å². The third-order valence-corrected chi connectivity index (χ3v) is 4.60. The number of benzene rings is 3. The Balaban J connectivity index is 1.48. The van der Waals surface area contributed by atoms with Crippen LogP contribution >= 0.6 is 0 Å². The number of hydrogen-bond donors (Lipinski definition) is 2. The summed E-state index contributed by atoms with van der Waals surface area (Å²) < 4.78 is 16.4. The van der Waals surface area contributed by atoms with Crippen LogP contribution in [0, 0.1) is 0 Å². The van der Waals surface area contributed by atoms with E-state index in [9.17, 15) is 14.7 Å². The number of hydrogen-bond acceptors (Lipinski definition) is 7. The number of ether oxygens (including phenoxy) is 2. The van der Waals surface area contributed by atoms with Crippen LogP contribution in [0.3, 0.4) is 0 Å². The van der Waals surface area contributed by atoms with E-state index in [4.69, 9.17) is 19.6 Å². The summed E-state index contributed by atoms with van der Waals surface area (Å²) in [4.78, 5) is 25.0. The predicted octanol–water partition coefficient (Wildman–Crippen LogP) is 3.77. The number of para-hydroxylation sites is 1. The lowest BCUT2D eigenvalue weighted by Crippen LogP contribution is -2.36. The van der Waals surface area contributed by atoms with E-state index >= 15 is 0 Å². The van der Waals surface area contributed by atoms with E-state index in [0.717, 1.165) is 5.56 Å². The second kappa shape index (κ2) is 8.73. The lowest BCUT2D eigenvalue weighted by atomic mass is 10.1. The van der Waals surface area contributed by atoms with Gasteiger partial charge >= 0.3 is 5.97 Å². The van der Waals surface area contributed by atoms with Crippen LogP contribution in [0.1, 0.15) is 5.56 Å². The first-order valence-electron chi connectivity index (χ1n) is 9.53. The smallest absolute Gasteiger partial charge is 0.328 e. The van der Waals surface area contributed by atoms with Gasteiger partial charge in [0.05, 0.1) is 5.39 Å². The van der Waals surface area contributed by atoms with Crippen molar-refractivity contribution in [3.63, 3.8) is 0 Å². The summed E-state index contributed by atoms with van der Waals surface area (Å²) in [5.74, 6) is 0.286. The molecule has 1 atom stereocenters. The quantitative estimate of drug-likeness (QED) is 0.363. The van der Waals surface area contributed by atoms with E-state index in [1.165, 1.54) is 36.6 Å². The van der Waals surface area contributed by atoms with E-state index in [2.05, 4.69) is 0 Å². The minimum absolute atomic E-state index is 0.0550. The van der Waals surface area contributed by atoms with Crippen molar-refractivity contribution in [1.29, 1.82) is 0 Å². The summed E-state index contributed by atoms with van der Waals surface area (Å²) in [5.41, 5.74) is 6.64. The summed E-state index contributed by atoms with van der Waals surface area (Å²) in [7, 11) is 0. The zero-order chi connectivity index (χ0) is 21.8. The Hall–Kier alpha value is -4.10. The molecule has 0 saturated carbocycles. The van der Waals surface area contributed by atoms with Crippen LogP contribution in [0.2, 0.25) is 0 Å². The second-order valence-electron chi connectivity index (χ2n) is 6.90. The van der Waals surface area contributed by atoms with Crippen LogP contribution in [0.15, 0.2) is 88.3 Å². The maximum absolute atomic E-state index is 12.7. The van der Waals surface area contributed by atoms with E-state index in [0.29, 0.717) is 11.1 Å². The zero-order valence-corrected chi connectivity index (χ0v) is 16.4. The number of fused-ring (bicyclic) bond motifs is 1. The van der Waals surface area contributed by atoms with Crippen molar-refractivity contribution in [2.45, 2.75) is 12.5 Å². The van der Waals surface area contributed by atoms with Crippen molar-refractivity contribution in [3.8, 4) is 23.0 Å². The standard InChI is InChI=1S/C24H19NO6/c25-20(12-15-6-8-16(26)9-7-15)24(28)31-18-10-11-19-21(13-18)29-14-22(23(19)27)30-17-4-2-1-3-5-17/h1-11,13-14,20,26H,12,25H2/t20-/m0/s1. The van der Waals surface area contributed by atoms with Crippen LogP contribution in [0.5, 0.6) is 23.0 Å². The van der Waals surface area contributed by atoms with Crippen LogP contribution in [0.4, 0.5) is 0 Å². The molecule has 3 N–H and O–H groups in total. The van der Waals surface area contributed by atoms with Crippen molar-refractivity contribution in [2.75, 3.05) is 0 Å². The molecule has 3 aromatic carbocycles. The van der Waals surface area contributed by atoms with E-state index in [1.54, 1.807) is 36.4 Å². The first-order chi connectivity index (χ1) is 15.0. The lowest BCUT2D eigenvalue weighted by Gasteiger charge is -2.12. The van der Waals surface area contributed by atoms with Gasteiger partial charge in [-0.1, -0.05) is 30.3 Å². The number of phenols is 1. The Morgan fingerprint density at radius 2 is 1.74 bits per heavy atom. The molecule has 0 aliphatic carbocycles. The number of esters is 1. The maximum atomic E-state index is 12.7. The molecule has 1 heterocycles. The average Bonchev–Trinajstić information content (AvgIpc) is 2.78. The Morgan fingerprint density at radius 1 is 1.00 bits per heavy atom. The Morgan fingerprint density at radius 3 is 2.48 bits per heavy atom. The van der Waals surface area contributed by atoms with Gasteiger partial charge in [0.2, 0.25) is 11.2 Å². The Bertz CT molecular complexity index is 1260. The molecule has 0 unspecified atom stereocenters. The summed E-state index contributed by atoms with van der Waals surface area (Å²) in [5, 5.41) is 9.62. The molecule has 1 aromatic heterocycles. The molecule has 0 amide bonds. The molecule has 31 heavy (non-hydrogen) atoms. The highest BCUT2D eigenvalue weighted by atomic mass is 16.5. The van der Waals surface area contributed by atoms with Gasteiger partial charge in [0.1, 0.15) is 35.1 Å². The monoisotopic (exact) mass is 417 g/mol. The number of carbonyl (C=O) groups is 1. The fourth-order valence-corrected chi connectivity index (χ4v) is 3.00. The van der Waals surface area contributed by atoms with Crippen LogP contribution < -0.4 is 20.6 Å². The molecule has 156 valence electrons. The molecule has 0 spiro atoms. The van der Waals surface area contributed by atoms with Crippen LogP contribution in [-0.4, -0.2) is 17.1 Å². The molecule has 0 fully saturated rings. The molecular weight excluding hydrogens is 398 g/mol. The molecule has 7 nitrogen and oxygen atoms in total. The minimum Gasteiger partial charge on any atom is -0.508 e. The van der Waals surface area contributed by atoms with Gasteiger partial charge in [-0.2, -0.15) is 0 Å². The molecule has 0 aliphatic heterocycles. The van der Waals surface area contributed by atoms with Gasteiger partial charge in [-0.3, -0.25) is 4.79 Å². The molecule has 0 aliphatic rings. The highest BCUT2D eigenvalue weighted by molar-refractivity contribution is 5.82. The van der Waals surface area contributed by atoms with Gasteiger partial charge in [0, 0.05) is 6.07 Å². The van der Waals surface area contributed by atoms with Crippen molar-refractivity contribution in [3.05, 3.63) is 94.8 Å². The molecule has 4 rings (SSSR count). The molecule has 0 saturated heterocycles. The predicted molar refractivity (Wildman–Crippen MR) is 114 cm³/mol. The first kappa shape index (κ1) is 20.2. The number of aromatic hydroxyl groups is 1. The molecule has 0 radical (unpaired) electrons. The maximum Gasteiger partial charge on any atom is 0.328 e. The molecular formula is C24H19NO6. The van der Waals surface area contributed by atoms with Crippen molar-refractivity contribution < 1.29 is 23.8 Å². The topological polar surface area (TPSA) is 112 Å². The number of carbonyl (C=O) groups excluding carboxylic acids is 1. The van der Waals surface area contributed by atoms with Gasteiger partial charge < -0.3 is 24.7 Å². The SMILES string of the molecule is N[C@@H](Cc1ccc(O)cc1)C(=O)Oc1ccc2c(=O)c(Oc3ccccc3)coc2c1. The summed E-state index contributed by atoms with van der Waals surface area (Å²) >= 11 is 0. The largest absolute Gasteiger partial charge is 0.508 e. The fourth-order valence-electron chi connectivity index (χ4n) is 3.00. The highest BCUT2D eigenvalue weighted by Crippen LogP contribution is 2.24. The number of phenolic OH excluding ortho intramolecular Hbond substituents is 1. The number of rotatable bonds is 6. The Kier molecular flexibility index (Phi) is 5.68. The lowest BCUT2D eigenvalue weighted by molar-refractivity contribution is -0.135. The number of nitrogens with two attached hydrogens (primary N) is 1. The summed E-state index contributed by atoms with van der Waals surface area (Å²) in [6.45, 7) is 0. The van der Waals surface area contributed by atoms with Crippen molar-refractivity contribution in [2.24, 2.45) is 5.73 Å². The third kappa shape index (κ3) is 4.73. The minimum atomic E-state index is -0.895. The van der Waals surface area contributed by atoms with E-state index < -0.39 is 12.0 Å². The Labute approximate surface area is 177 Å². The average molecular weight is 417 g/mol. The molecule has 7 heteroatoms. The second-order valence-corrected chi connectivity index (χ2v) is 6.90. The summed E-state index contributed by atoms with van der Waals surface area (Å²) in [6, 6.07) is 18.9. The van der Waals surface area contributed by atoms with Gasteiger partial charge in [0.15, 0.2) is 0 Å². The van der Waals surface area contributed by atoms with Gasteiger partial charge in [-0.15, -0.1) is 0 Å². The summed E-state index contributed by atoms with van der Waals surface area (Å²) in [6.07, 6.45) is 1.47. The van der Waals surface area contributed by atoms with Crippen molar-refractivity contribution in [1.82, 2.24) is 0 Å².